The summed E-state index contributed by atoms with van der Waals surface area (Å²) in [5.74, 6) is 0.130. The molecular weight excluding hydrogens is 268 g/mol. The number of benzene rings is 1. The molecule has 0 spiro atoms. The third-order valence-electron chi connectivity index (χ3n) is 3.33. The second-order valence-electron chi connectivity index (χ2n) is 5.23. The van der Waals surface area contributed by atoms with E-state index >= 15 is 0 Å². The van der Waals surface area contributed by atoms with Crippen molar-refractivity contribution >= 4 is 27.3 Å². The van der Waals surface area contributed by atoms with E-state index in [1.54, 1.807) is 11.3 Å². The Morgan fingerprint density at radius 2 is 2.20 bits per heavy atom. The van der Waals surface area contributed by atoms with E-state index in [2.05, 4.69) is 35.0 Å². The van der Waals surface area contributed by atoms with Crippen molar-refractivity contribution in [3.63, 3.8) is 0 Å². The lowest BCUT2D eigenvalue weighted by atomic mass is 10.1. The molecule has 0 fully saturated rings. The number of carbonyl (C=O) groups excluding carboxylic acids is 1. The number of rotatable bonds is 7. The average Bonchev–Trinajstić information content (AvgIpc) is 2.82. The molecule has 1 amide bonds. The Hall–Kier alpha value is -1.39. The van der Waals surface area contributed by atoms with Crippen LogP contribution in [0.25, 0.3) is 10.1 Å². The van der Waals surface area contributed by atoms with Gasteiger partial charge >= 0.3 is 0 Å². The second kappa shape index (κ2) is 7.41. The highest BCUT2D eigenvalue weighted by Crippen LogP contribution is 2.26. The lowest BCUT2D eigenvalue weighted by molar-refractivity contribution is -0.121. The Balaban J connectivity index is 1.74. The molecule has 0 saturated carbocycles. The highest BCUT2D eigenvalue weighted by atomic mass is 32.1. The van der Waals surface area contributed by atoms with Crippen molar-refractivity contribution in [3.8, 4) is 0 Å². The zero-order valence-corrected chi connectivity index (χ0v) is 12.7. The van der Waals surface area contributed by atoms with Crippen LogP contribution >= 0.6 is 11.3 Å². The van der Waals surface area contributed by atoms with Gasteiger partial charge in [0.05, 0.1) is 0 Å². The van der Waals surface area contributed by atoms with E-state index in [0.29, 0.717) is 13.0 Å². The Kier molecular flexibility index (Phi) is 5.56. The topological polar surface area (TPSA) is 55.1 Å². The van der Waals surface area contributed by atoms with Crippen LogP contribution in [0.2, 0.25) is 0 Å². The summed E-state index contributed by atoms with van der Waals surface area (Å²) in [6.45, 7) is 2.63. The minimum atomic E-state index is 0.130. The van der Waals surface area contributed by atoms with Crippen LogP contribution in [0.4, 0.5) is 0 Å². The van der Waals surface area contributed by atoms with Gasteiger partial charge in [0.2, 0.25) is 5.91 Å². The summed E-state index contributed by atoms with van der Waals surface area (Å²) >= 11 is 1.78. The van der Waals surface area contributed by atoms with Gasteiger partial charge in [-0.1, -0.05) is 18.2 Å². The Bertz CT molecular complexity index is 562. The van der Waals surface area contributed by atoms with E-state index in [-0.39, 0.29) is 11.9 Å². The monoisotopic (exact) mass is 290 g/mol. The van der Waals surface area contributed by atoms with Crippen LogP contribution in [0.15, 0.2) is 29.6 Å². The van der Waals surface area contributed by atoms with Crippen LogP contribution in [-0.2, 0) is 11.2 Å². The lowest BCUT2D eigenvalue weighted by Crippen LogP contribution is -2.28. The minimum absolute atomic E-state index is 0.130. The second-order valence-corrected chi connectivity index (χ2v) is 6.14. The predicted octanol–water partition coefficient (Wildman–Crippen LogP) is 3.08. The Morgan fingerprint density at radius 1 is 1.40 bits per heavy atom. The Morgan fingerprint density at radius 3 is 3.00 bits per heavy atom. The lowest BCUT2D eigenvalue weighted by Gasteiger charge is -2.07. The van der Waals surface area contributed by atoms with E-state index < -0.39 is 0 Å². The highest BCUT2D eigenvalue weighted by Gasteiger charge is 2.05. The van der Waals surface area contributed by atoms with E-state index in [0.717, 1.165) is 19.3 Å². The first-order valence-electron chi connectivity index (χ1n) is 7.14. The van der Waals surface area contributed by atoms with Crippen molar-refractivity contribution < 1.29 is 4.79 Å². The molecule has 3 N–H and O–H groups in total. The van der Waals surface area contributed by atoms with Crippen LogP contribution in [0, 0.1) is 0 Å². The molecule has 108 valence electrons. The quantitative estimate of drug-likeness (QED) is 0.823. The maximum absolute atomic E-state index is 11.7. The molecule has 0 saturated heterocycles. The molecule has 0 radical (unpaired) electrons. The molecule has 3 nitrogen and oxygen atoms in total. The highest BCUT2D eigenvalue weighted by molar-refractivity contribution is 7.17. The maximum Gasteiger partial charge on any atom is 0.220 e. The van der Waals surface area contributed by atoms with Gasteiger partial charge in [-0.15, -0.1) is 11.3 Å². The number of nitrogens with one attached hydrogen (secondary N) is 1. The zero-order chi connectivity index (χ0) is 14.4. The number of nitrogens with two attached hydrogens (primary N) is 1. The van der Waals surface area contributed by atoms with E-state index in [4.69, 9.17) is 5.73 Å². The van der Waals surface area contributed by atoms with Crippen LogP contribution in [0.5, 0.6) is 0 Å². The average molecular weight is 290 g/mol. The molecule has 0 bridgehead atoms. The molecule has 1 aromatic carbocycles. The molecular formula is C16H22N2OS. The fraction of sp³-hybridized carbons (Fsp3) is 0.438. The van der Waals surface area contributed by atoms with Gasteiger partial charge in [0.1, 0.15) is 0 Å². The third kappa shape index (κ3) is 4.32. The summed E-state index contributed by atoms with van der Waals surface area (Å²) in [5.41, 5.74) is 7.00. The van der Waals surface area contributed by atoms with Crippen molar-refractivity contribution in [1.82, 2.24) is 5.32 Å². The fourth-order valence-corrected chi connectivity index (χ4v) is 3.19. The minimum Gasteiger partial charge on any atom is -0.356 e. The van der Waals surface area contributed by atoms with Crippen molar-refractivity contribution in [2.24, 2.45) is 5.73 Å². The van der Waals surface area contributed by atoms with Crippen molar-refractivity contribution in [2.45, 2.75) is 38.6 Å². The van der Waals surface area contributed by atoms with E-state index in [9.17, 15) is 4.79 Å². The molecule has 20 heavy (non-hydrogen) atoms. The number of aryl methyl sites for hydroxylation is 1. The van der Waals surface area contributed by atoms with E-state index in [1.165, 1.54) is 15.6 Å². The van der Waals surface area contributed by atoms with Crippen LogP contribution in [0.3, 0.4) is 0 Å². The van der Waals surface area contributed by atoms with Gasteiger partial charge in [0, 0.05) is 23.7 Å². The van der Waals surface area contributed by atoms with Crippen LogP contribution < -0.4 is 11.1 Å². The van der Waals surface area contributed by atoms with Gasteiger partial charge in [-0.05, 0) is 48.6 Å². The number of hydrogen-bond acceptors (Lipinski definition) is 3. The SMILES string of the molecule is CC(N)CCNC(=O)CCCc1csc2ccccc12. The van der Waals surface area contributed by atoms with Crippen molar-refractivity contribution in [1.29, 1.82) is 0 Å². The van der Waals surface area contributed by atoms with Crippen LogP contribution in [0.1, 0.15) is 31.7 Å². The normalized spacial score (nSPS) is 12.5. The summed E-state index contributed by atoms with van der Waals surface area (Å²) < 4.78 is 1.32. The number of fused-ring (bicyclic) bond motifs is 1. The molecule has 1 aromatic heterocycles. The van der Waals surface area contributed by atoms with Crippen LogP contribution in [-0.4, -0.2) is 18.5 Å². The molecule has 1 heterocycles. The van der Waals surface area contributed by atoms with E-state index in [1.807, 2.05) is 6.92 Å². The number of thiophene rings is 1. The summed E-state index contributed by atoms with van der Waals surface area (Å²) in [5, 5.41) is 6.45. The molecule has 2 aromatic rings. The molecule has 1 atom stereocenters. The first kappa shape index (κ1) is 15.0. The van der Waals surface area contributed by atoms with Gasteiger partial charge < -0.3 is 11.1 Å². The number of carbonyl (C=O) groups is 1. The molecule has 4 heteroatoms. The van der Waals surface area contributed by atoms with Gasteiger partial charge in [0.15, 0.2) is 0 Å². The van der Waals surface area contributed by atoms with Crippen molar-refractivity contribution in [2.75, 3.05) is 6.54 Å². The fourth-order valence-electron chi connectivity index (χ4n) is 2.19. The smallest absolute Gasteiger partial charge is 0.220 e. The molecule has 0 aliphatic rings. The first-order chi connectivity index (χ1) is 9.66. The molecule has 2 rings (SSSR count). The summed E-state index contributed by atoms with van der Waals surface area (Å²) in [6, 6.07) is 8.58. The Labute approximate surface area is 124 Å². The molecule has 0 aliphatic carbocycles. The van der Waals surface area contributed by atoms with Gasteiger partial charge in [-0.25, -0.2) is 0 Å². The van der Waals surface area contributed by atoms with Crippen molar-refractivity contribution in [3.05, 3.63) is 35.2 Å². The molecule has 1 unspecified atom stereocenters. The van der Waals surface area contributed by atoms with Gasteiger partial charge in [-0.3, -0.25) is 4.79 Å². The summed E-state index contributed by atoms with van der Waals surface area (Å²) in [4.78, 5) is 11.7. The first-order valence-corrected chi connectivity index (χ1v) is 8.02. The number of amides is 1. The largest absolute Gasteiger partial charge is 0.356 e. The number of hydrogen-bond donors (Lipinski definition) is 2. The van der Waals surface area contributed by atoms with Gasteiger partial charge in [-0.2, -0.15) is 0 Å². The molecule has 0 aliphatic heterocycles. The van der Waals surface area contributed by atoms with Gasteiger partial charge in [0.25, 0.3) is 0 Å². The standard InChI is InChI=1S/C16H22N2OS/c1-12(17)9-10-18-16(19)8-4-5-13-11-20-15-7-3-2-6-14(13)15/h2-3,6-7,11-12H,4-5,8-10,17H2,1H3,(H,18,19). The third-order valence-corrected chi connectivity index (χ3v) is 4.35. The maximum atomic E-state index is 11.7. The summed E-state index contributed by atoms with van der Waals surface area (Å²) in [6.07, 6.45) is 3.28. The predicted molar refractivity (Wildman–Crippen MR) is 86.0 cm³/mol. The summed E-state index contributed by atoms with van der Waals surface area (Å²) in [7, 11) is 0. The zero-order valence-electron chi connectivity index (χ0n) is 11.9.